The van der Waals surface area contributed by atoms with Gasteiger partial charge in [0.25, 0.3) is 0 Å². The van der Waals surface area contributed by atoms with Crippen molar-refractivity contribution in [2.75, 3.05) is 0 Å². The number of aromatic nitrogens is 2. The average Bonchev–Trinajstić information content (AvgIpc) is 2.94. The molecule has 1 amide bonds. The number of benzene rings is 2. The molecule has 1 aromatic heterocycles. The van der Waals surface area contributed by atoms with E-state index in [1.54, 1.807) is 0 Å². The van der Waals surface area contributed by atoms with Gasteiger partial charge in [0.2, 0.25) is 5.91 Å². The van der Waals surface area contributed by atoms with Crippen LogP contribution in [0.1, 0.15) is 17.5 Å². The second kappa shape index (κ2) is 6.43. The number of aryl methyl sites for hydroxylation is 2. The van der Waals surface area contributed by atoms with E-state index >= 15 is 0 Å². The highest BCUT2D eigenvalue weighted by atomic mass is 16.1. The van der Waals surface area contributed by atoms with Crippen LogP contribution in [0.2, 0.25) is 0 Å². The molecule has 4 heteroatoms. The molecule has 4 nitrogen and oxygen atoms in total. The van der Waals surface area contributed by atoms with Crippen molar-refractivity contribution in [2.45, 2.75) is 26.4 Å². The third-order valence-corrected chi connectivity index (χ3v) is 3.68. The van der Waals surface area contributed by atoms with Crippen LogP contribution in [-0.4, -0.2) is 15.7 Å². The minimum Gasteiger partial charge on any atom is -0.352 e. The van der Waals surface area contributed by atoms with Crippen LogP contribution in [0.25, 0.3) is 10.9 Å². The van der Waals surface area contributed by atoms with E-state index in [1.165, 1.54) is 5.56 Å². The summed E-state index contributed by atoms with van der Waals surface area (Å²) < 4.78 is 1.89. The van der Waals surface area contributed by atoms with E-state index in [-0.39, 0.29) is 5.91 Å². The SMILES string of the molecule is Cc1ccc2cnn(CCC(=O)NCc3ccccc3)c2c1. The van der Waals surface area contributed by atoms with E-state index in [4.69, 9.17) is 0 Å². The summed E-state index contributed by atoms with van der Waals surface area (Å²) in [4.78, 5) is 12.0. The first-order chi connectivity index (χ1) is 10.7. The molecular formula is C18H19N3O. The highest BCUT2D eigenvalue weighted by molar-refractivity contribution is 5.80. The van der Waals surface area contributed by atoms with Crippen LogP contribution in [0.5, 0.6) is 0 Å². The molecule has 1 N–H and O–H groups in total. The zero-order valence-electron chi connectivity index (χ0n) is 12.6. The van der Waals surface area contributed by atoms with E-state index in [1.807, 2.05) is 41.2 Å². The fourth-order valence-corrected chi connectivity index (χ4v) is 2.45. The lowest BCUT2D eigenvalue weighted by Crippen LogP contribution is -2.24. The fourth-order valence-electron chi connectivity index (χ4n) is 2.45. The van der Waals surface area contributed by atoms with Crippen molar-refractivity contribution in [3.63, 3.8) is 0 Å². The number of hydrogen-bond donors (Lipinski definition) is 1. The van der Waals surface area contributed by atoms with Gasteiger partial charge in [0.05, 0.1) is 18.3 Å². The molecule has 0 spiro atoms. The molecule has 0 radical (unpaired) electrons. The van der Waals surface area contributed by atoms with Gasteiger partial charge in [0.15, 0.2) is 0 Å². The molecule has 2 aromatic carbocycles. The predicted molar refractivity (Wildman–Crippen MR) is 87.4 cm³/mol. The van der Waals surface area contributed by atoms with Crippen LogP contribution in [-0.2, 0) is 17.9 Å². The Balaban J connectivity index is 1.57. The highest BCUT2D eigenvalue weighted by Crippen LogP contribution is 2.15. The van der Waals surface area contributed by atoms with E-state index in [0.717, 1.165) is 16.5 Å². The lowest BCUT2D eigenvalue weighted by Gasteiger charge is -2.06. The Kier molecular flexibility index (Phi) is 4.19. The van der Waals surface area contributed by atoms with Gasteiger partial charge in [-0.15, -0.1) is 0 Å². The maximum Gasteiger partial charge on any atom is 0.222 e. The van der Waals surface area contributed by atoms with Gasteiger partial charge in [-0.05, 0) is 24.1 Å². The predicted octanol–water partition coefficient (Wildman–Crippen LogP) is 3.05. The fraction of sp³-hybridized carbons (Fsp3) is 0.222. The van der Waals surface area contributed by atoms with Crippen molar-refractivity contribution >= 4 is 16.8 Å². The molecule has 0 aliphatic carbocycles. The summed E-state index contributed by atoms with van der Waals surface area (Å²) in [5.41, 5.74) is 3.38. The summed E-state index contributed by atoms with van der Waals surface area (Å²) in [6, 6.07) is 16.2. The minimum atomic E-state index is 0.0418. The molecule has 0 fully saturated rings. The van der Waals surface area contributed by atoms with Gasteiger partial charge >= 0.3 is 0 Å². The number of carbonyl (C=O) groups excluding carboxylic acids is 1. The van der Waals surface area contributed by atoms with Gasteiger partial charge < -0.3 is 5.32 Å². The van der Waals surface area contributed by atoms with E-state index in [0.29, 0.717) is 19.5 Å². The van der Waals surface area contributed by atoms with Crippen LogP contribution in [0.3, 0.4) is 0 Å². The molecule has 0 saturated heterocycles. The number of carbonyl (C=O) groups is 1. The minimum absolute atomic E-state index is 0.0418. The summed E-state index contributed by atoms with van der Waals surface area (Å²) in [6.07, 6.45) is 2.27. The lowest BCUT2D eigenvalue weighted by molar-refractivity contribution is -0.121. The highest BCUT2D eigenvalue weighted by Gasteiger charge is 2.06. The van der Waals surface area contributed by atoms with Crippen LogP contribution in [0.4, 0.5) is 0 Å². The smallest absolute Gasteiger partial charge is 0.222 e. The third kappa shape index (κ3) is 3.34. The van der Waals surface area contributed by atoms with Gasteiger partial charge in [0, 0.05) is 18.4 Å². The molecule has 3 rings (SSSR count). The van der Waals surface area contributed by atoms with Crippen molar-refractivity contribution in [3.8, 4) is 0 Å². The Labute approximate surface area is 129 Å². The maximum atomic E-state index is 12.0. The van der Waals surface area contributed by atoms with Crippen molar-refractivity contribution in [1.82, 2.24) is 15.1 Å². The second-order valence-electron chi connectivity index (χ2n) is 5.44. The molecule has 0 aliphatic heterocycles. The van der Waals surface area contributed by atoms with Crippen LogP contribution in [0, 0.1) is 6.92 Å². The summed E-state index contributed by atoms with van der Waals surface area (Å²) >= 11 is 0. The zero-order valence-corrected chi connectivity index (χ0v) is 12.6. The van der Waals surface area contributed by atoms with Crippen LogP contribution >= 0.6 is 0 Å². The molecule has 0 atom stereocenters. The summed E-state index contributed by atoms with van der Waals surface area (Å²) in [6.45, 7) is 3.22. The summed E-state index contributed by atoms with van der Waals surface area (Å²) in [5, 5.41) is 8.41. The van der Waals surface area contributed by atoms with Crippen molar-refractivity contribution < 1.29 is 4.79 Å². The molecular weight excluding hydrogens is 274 g/mol. The molecule has 3 aromatic rings. The van der Waals surface area contributed by atoms with Crippen LogP contribution in [0.15, 0.2) is 54.7 Å². The molecule has 0 unspecified atom stereocenters. The van der Waals surface area contributed by atoms with Gasteiger partial charge in [0.1, 0.15) is 0 Å². The topological polar surface area (TPSA) is 46.9 Å². The van der Waals surface area contributed by atoms with Crippen molar-refractivity contribution in [3.05, 3.63) is 65.9 Å². The number of hydrogen-bond acceptors (Lipinski definition) is 2. The van der Waals surface area contributed by atoms with Crippen LogP contribution < -0.4 is 5.32 Å². The van der Waals surface area contributed by atoms with E-state index < -0.39 is 0 Å². The first-order valence-electron chi connectivity index (χ1n) is 7.45. The standard InChI is InChI=1S/C18H19N3O/c1-14-7-8-16-13-20-21(17(16)11-14)10-9-18(22)19-12-15-5-3-2-4-6-15/h2-8,11,13H,9-10,12H2,1H3,(H,19,22). The molecule has 0 saturated carbocycles. The zero-order chi connectivity index (χ0) is 15.4. The normalized spacial score (nSPS) is 10.8. The van der Waals surface area contributed by atoms with Crippen molar-refractivity contribution in [2.24, 2.45) is 0 Å². The first-order valence-corrected chi connectivity index (χ1v) is 7.45. The van der Waals surface area contributed by atoms with E-state index in [2.05, 4.69) is 35.5 Å². The maximum absolute atomic E-state index is 12.0. The number of nitrogens with zero attached hydrogens (tertiary/aromatic N) is 2. The Morgan fingerprint density at radius 1 is 1.18 bits per heavy atom. The second-order valence-corrected chi connectivity index (χ2v) is 5.44. The third-order valence-electron chi connectivity index (χ3n) is 3.68. The van der Waals surface area contributed by atoms with Gasteiger partial charge in [-0.2, -0.15) is 5.10 Å². The molecule has 0 aliphatic rings. The van der Waals surface area contributed by atoms with Gasteiger partial charge in [-0.3, -0.25) is 9.48 Å². The summed E-state index contributed by atoms with van der Waals surface area (Å²) in [5.74, 6) is 0.0418. The van der Waals surface area contributed by atoms with Crippen molar-refractivity contribution in [1.29, 1.82) is 0 Å². The molecule has 112 valence electrons. The van der Waals surface area contributed by atoms with Gasteiger partial charge in [-0.25, -0.2) is 0 Å². The summed E-state index contributed by atoms with van der Waals surface area (Å²) in [7, 11) is 0. The van der Waals surface area contributed by atoms with Gasteiger partial charge in [-0.1, -0.05) is 42.5 Å². The number of rotatable bonds is 5. The number of fused-ring (bicyclic) bond motifs is 1. The Morgan fingerprint density at radius 2 is 2.00 bits per heavy atom. The number of nitrogens with one attached hydrogen (secondary N) is 1. The first kappa shape index (κ1) is 14.3. The molecule has 1 heterocycles. The quantitative estimate of drug-likeness (QED) is 0.786. The number of amides is 1. The largest absolute Gasteiger partial charge is 0.352 e. The Hall–Kier alpha value is -2.62. The Morgan fingerprint density at radius 3 is 2.82 bits per heavy atom. The average molecular weight is 293 g/mol. The molecule has 0 bridgehead atoms. The molecule has 22 heavy (non-hydrogen) atoms. The monoisotopic (exact) mass is 293 g/mol. The van der Waals surface area contributed by atoms with E-state index in [9.17, 15) is 4.79 Å². The Bertz CT molecular complexity index is 777. The lowest BCUT2D eigenvalue weighted by atomic mass is 10.2.